The largest absolute Gasteiger partial charge is 0.458 e. The number of allylic oxidation sites excluding steroid dienone is 3. The minimum absolute atomic E-state index is 0.0256. The van der Waals surface area contributed by atoms with E-state index in [2.05, 4.69) is 48.7 Å². The molecule has 3 saturated carbocycles. The molecule has 4 aliphatic carbocycles. The van der Waals surface area contributed by atoms with Crippen molar-refractivity contribution in [2.45, 2.75) is 235 Å². The molecule has 27 atom stereocenters. The molecule has 1 spiro atoms. The van der Waals surface area contributed by atoms with Crippen molar-refractivity contribution < 1.29 is 132 Å². The lowest BCUT2D eigenvalue weighted by Crippen LogP contribution is -2.67. The molecule has 27 unspecified atom stereocenters. The van der Waals surface area contributed by atoms with Crippen molar-refractivity contribution in [2.24, 2.45) is 39.4 Å². The van der Waals surface area contributed by atoms with Gasteiger partial charge in [0, 0.05) is 13.5 Å². The number of ether oxygens (including phenoxy) is 10. The Hall–Kier alpha value is -2.32. The molecule has 9 rings (SSSR count). The molecule has 0 radical (unpaired) electrons. The van der Waals surface area contributed by atoms with E-state index in [1.807, 2.05) is 13.8 Å². The average molecular weight is 1250 g/mol. The molecule has 0 amide bonds. The first-order valence-corrected chi connectivity index (χ1v) is 31.3. The summed E-state index contributed by atoms with van der Waals surface area (Å²) in [5.41, 5.74) is -1.43. The fourth-order valence-corrected chi connectivity index (χ4v) is 16.7. The minimum atomic E-state index is -5.21. The second kappa shape index (κ2) is 24.1. The number of carbonyl (C=O) groups is 2. The van der Waals surface area contributed by atoms with Crippen molar-refractivity contribution in [3.05, 3.63) is 23.8 Å². The minimum Gasteiger partial charge on any atom is -0.458 e. The standard InChI is InChI=1S/C54H84O28S2/c1-23(2)11-10-16-53(8)44-27(55)19-52(7)26-12-13-31-50(4,5)32(15-17-51(31,6)25(26)14-18-54(44,52)49(64)82-53)78-48-43(33(57)28(56)20-72-48)81-47-39(63)42(35(59)30(77-47)22-74-84(68,69)70)80-45-37(61)36(60)40(24(3)75-45)79-46-38(62)41(71-9)34(58)29(76-46)21-73-83(65,66)67/h14,24,26,28-48,56-63H,1,10-13,15-22H2,2-9H3,(H,65,66,67)(H,68,69,70). The van der Waals surface area contributed by atoms with Crippen LogP contribution in [0.2, 0.25) is 0 Å². The highest BCUT2D eigenvalue weighted by atomic mass is 32.3. The molecule has 0 bridgehead atoms. The Morgan fingerprint density at radius 3 is 1.87 bits per heavy atom. The third-order valence-corrected chi connectivity index (χ3v) is 21.1. The molecule has 0 aromatic heterocycles. The molecular weight excluding hydrogens is 1160 g/mol. The average Bonchev–Trinajstić information content (AvgIpc) is 1.46. The van der Waals surface area contributed by atoms with Crippen LogP contribution in [0.5, 0.6) is 0 Å². The molecular formula is C54H84O28S2. The van der Waals surface area contributed by atoms with Crippen LogP contribution in [0, 0.1) is 39.4 Å². The summed E-state index contributed by atoms with van der Waals surface area (Å²) in [6, 6.07) is 0. The van der Waals surface area contributed by atoms with Gasteiger partial charge in [-0.2, -0.15) is 16.8 Å². The second-order valence-electron chi connectivity index (χ2n) is 25.9. The van der Waals surface area contributed by atoms with Crippen LogP contribution < -0.4 is 0 Å². The van der Waals surface area contributed by atoms with Crippen LogP contribution >= 0.6 is 0 Å². The van der Waals surface area contributed by atoms with Gasteiger partial charge < -0.3 is 88.2 Å². The number of aliphatic hydroxyl groups excluding tert-OH is 8. The van der Waals surface area contributed by atoms with E-state index in [1.165, 1.54) is 12.5 Å². The number of Topliss-reactive ketones (excluding diaryl/α,β-unsaturated/α-hetero) is 1. The van der Waals surface area contributed by atoms with E-state index in [0.29, 0.717) is 38.5 Å². The van der Waals surface area contributed by atoms with E-state index in [-0.39, 0.29) is 30.0 Å². The van der Waals surface area contributed by atoms with Gasteiger partial charge in [0.2, 0.25) is 0 Å². The van der Waals surface area contributed by atoms with E-state index in [0.717, 1.165) is 25.5 Å². The summed E-state index contributed by atoms with van der Waals surface area (Å²) < 4.78 is 133. The molecule has 10 N–H and O–H groups in total. The van der Waals surface area contributed by atoms with E-state index < -0.39 is 197 Å². The van der Waals surface area contributed by atoms with Crippen molar-refractivity contribution in [1.29, 1.82) is 0 Å². The highest BCUT2D eigenvalue weighted by Crippen LogP contribution is 2.75. The van der Waals surface area contributed by atoms with Crippen LogP contribution in [-0.4, -0.2) is 234 Å². The highest BCUT2D eigenvalue weighted by molar-refractivity contribution is 7.81. The molecule has 5 aliphatic heterocycles. The zero-order chi connectivity index (χ0) is 61.8. The molecule has 30 heteroatoms. The summed E-state index contributed by atoms with van der Waals surface area (Å²) >= 11 is 0. The molecule has 5 heterocycles. The number of fused-ring (bicyclic) bond motifs is 4. The quantitative estimate of drug-likeness (QED) is 0.0335. The van der Waals surface area contributed by atoms with Crippen molar-refractivity contribution in [2.75, 3.05) is 26.9 Å². The second-order valence-corrected chi connectivity index (χ2v) is 28.0. The first-order chi connectivity index (χ1) is 39.0. The lowest BCUT2D eigenvalue weighted by atomic mass is 9.41. The third kappa shape index (κ3) is 11.9. The lowest BCUT2D eigenvalue weighted by Gasteiger charge is -2.63. The zero-order valence-electron chi connectivity index (χ0n) is 48.2. The number of rotatable bonds is 19. The Labute approximate surface area is 487 Å². The van der Waals surface area contributed by atoms with Crippen LogP contribution in [0.3, 0.4) is 0 Å². The van der Waals surface area contributed by atoms with Crippen LogP contribution in [0.15, 0.2) is 23.8 Å². The van der Waals surface area contributed by atoms with Gasteiger partial charge in [-0.3, -0.25) is 18.7 Å². The van der Waals surface area contributed by atoms with Crippen LogP contribution in [0.1, 0.15) is 106 Å². The summed E-state index contributed by atoms with van der Waals surface area (Å²) in [5.74, 6) is -0.925. The normalized spacial score (nSPS) is 48.5. The Morgan fingerprint density at radius 1 is 0.702 bits per heavy atom. The molecule has 480 valence electrons. The van der Waals surface area contributed by atoms with Gasteiger partial charge in [-0.1, -0.05) is 44.9 Å². The number of hydrogen-bond donors (Lipinski definition) is 10. The number of cyclic esters (lactones) is 1. The molecule has 84 heavy (non-hydrogen) atoms. The fourth-order valence-electron chi connectivity index (χ4n) is 16.1. The summed E-state index contributed by atoms with van der Waals surface area (Å²) in [6.07, 6.45) is -27.6. The van der Waals surface area contributed by atoms with Gasteiger partial charge in [-0.15, -0.1) is 6.58 Å². The monoisotopic (exact) mass is 1240 g/mol. The summed E-state index contributed by atoms with van der Waals surface area (Å²) in [7, 11) is -9.14. The van der Waals surface area contributed by atoms with E-state index >= 15 is 0 Å². The lowest BCUT2D eigenvalue weighted by molar-refractivity contribution is -0.390. The van der Waals surface area contributed by atoms with Crippen LogP contribution in [0.25, 0.3) is 0 Å². The Bertz CT molecular complexity index is 2690. The number of esters is 1. The SMILES string of the molecule is C=C(C)CCCC1(C)OC(=O)C23CC=C4C(CCC5C4(C)CCC(OC4OCC(O)C(O)C4OC4OC(COS(=O)(=O)O)C(O)C(OC6OC(C)C(OC7OC(COS(=O)(=O)O)C(O)C(OC)C7O)C(O)C6O)C4O)C5(C)C)C2(C)CC(=O)C13. The maximum Gasteiger partial charge on any atom is 0.397 e. The number of aliphatic hydroxyl groups is 8. The van der Waals surface area contributed by atoms with Gasteiger partial charge in [0.25, 0.3) is 0 Å². The third-order valence-electron chi connectivity index (χ3n) is 20.3. The number of methoxy groups -OCH3 is 1. The maximum atomic E-state index is 14.4. The molecule has 0 aromatic carbocycles. The molecule has 28 nitrogen and oxygen atoms in total. The predicted octanol–water partition coefficient (Wildman–Crippen LogP) is -0.555. The smallest absolute Gasteiger partial charge is 0.397 e. The number of hydrogen-bond acceptors (Lipinski definition) is 26. The van der Waals surface area contributed by atoms with Crippen LogP contribution in [-0.2, 0) is 86.1 Å². The maximum absolute atomic E-state index is 14.4. The van der Waals surface area contributed by atoms with Crippen molar-refractivity contribution >= 4 is 32.6 Å². The van der Waals surface area contributed by atoms with Gasteiger partial charge in [0.1, 0.15) is 96.8 Å². The molecule has 5 saturated heterocycles. The van der Waals surface area contributed by atoms with Gasteiger partial charge in [0.15, 0.2) is 25.2 Å². The highest BCUT2D eigenvalue weighted by Gasteiger charge is 2.79. The van der Waals surface area contributed by atoms with E-state index in [1.54, 1.807) is 0 Å². The molecule has 8 fully saturated rings. The Kier molecular flexibility index (Phi) is 19.0. The van der Waals surface area contributed by atoms with Gasteiger partial charge in [-0.25, -0.2) is 8.37 Å². The van der Waals surface area contributed by atoms with Gasteiger partial charge in [0.05, 0.1) is 43.4 Å². The first kappa shape index (κ1) is 66.1. The fraction of sp³-hybridized carbons (Fsp3) is 0.889. The summed E-state index contributed by atoms with van der Waals surface area (Å²) in [5, 5.41) is 90.7. The van der Waals surface area contributed by atoms with Crippen molar-refractivity contribution in [1.82, 2.24) is 0 Å². The number of carbonyl (C=O) groups excluding carboxylic acids is 2. The Morgan fingerprint density at radius 2 is 1.27 bits per heavy atom. The first-order valence-electron chi connectivity index (χ1n) is 28.6. The Balaban J connectivity index is 0.906. The summed E-state index contributed by atoms with van der Waals surface area (Å²) in [4.78, 5) is 28.7. The van der Waals surface area contributed by atoms with Crippen molar-refractivity contribution in [3.8, 4) is 0 Å². The van der Waals surface area contributed by atoms with Gasteiger partial charge in [-0.05, 0) is 100 Å². The van der Waals surface area contributed by atoms with Crippen LogP contribution in [0.4, 0.5) is 0 Å². The topological polar surface area (TPSA) is 415 Å². The molecule has 9 aliphatic rings. The number of ketones is 1. The molecule has 0 aromatic rings. The van der Waals surface area contributed by atoms with E-state index in [9.17, 15) is 71.8 Å². The van der Waals surface area contributed by atoms with E-state index in [4.69, 9.17) is 51.9 Å². The zero-order valence-corrected chi connectivity index (χ0v) is 49.8. The van der Waals surface area contributed by atoms with Crippen molar-refractivity contribution in [3.63, 3.8) is 0 Å². The van der Waals surface area contributed by atoms with Gasteiger partial charge >= 0.3 is 26.8 Å². The summed E-state index contributed by atoms with van der Waals surface area (Å²) in [6.45, 7) is 15.1. The predicted molar refractivity (Wildman–Crippen MR) is 282 cm³/mol.